The summed E-state index contributed by atoms with van der Waals surface area (Å²) in [5.74, 6) is 0.437. The summed E-state index contributed by atoms with van der Waals surface area (Å²) in [6.07, 6.45) is 1.54. The summed E-state index contributed by atoms with van der Waals surface area (Å²) in [5, 5.41) is 0. The first-order valence-electron chi connectivity index (χ1n) is 6.04. The van der Waals surface area contributed by atoms with Crippen molar-refractivity contribution in [2.45, 2.75) is 46.6 Å². The summed E-state index contributed by atoms with van der Waals surface area (Å²) in [6.45, 7) is 7.88. The molecule has 3 fully saturated rings. The average molecular weight is 224 g/mol. The van der Waals surface area contributed by atoms with Crippen LogP contribution >= 0.6 is 0 Å². The van der Waals surface area contributed by atoms with Gasteiger partial charge in [0.1, 0.15) is 11.9 Å². The van der Waals surface area contributed by atoms with E-state index in [-0.39, 0.29) is 29.3 Å². The van der Waals surface area contributed by atoms with Crippen LogP contribution in [0, 0.1) is 23.2 Å². The van der Waals surface area contributed by atoms with E-state index in [1.165, 1.54) is 6.92 Å². The van der Waals surface area contributed by atoms with Crippen LogP contribution in [0.2, 0.25) is 0 Å². The van der Waals surface area contributed by atoms with Crippen molar-refractivity contribution in [3.05, 3.63) is 0 Å². The Morgan fingerprint density at radius 3 is 2.62 bits per heavy atom. The Bertz CT molecular complexity index is 332. The molecule has 0 amide bonds. The molecule has 3 aliphatic rings. The van der Waals surface area contributed by atoms with E-state index in [0.717, 1.165) is 12.8 Å². The van der Waals surface area contributed by atoms with Gasteiger partial charge in [0.05, 0.1) is 5.92 Å². The van der Waals surface area contributed by atoms with Crippen LogP contribution in [0.15, 0.2) is 0 Å². The highest BCUT2D eigenvalue weighted by Gasteiger charge is 2.55. The number of carbonyl (C=O) groups is 2. The number of fused-ring (bicyclic) bond motifs is 3. The molecule has 0 aromatic carbocycles. The van der Waals surface area contributed by atoms with E-state index >= 15 is 0 Å². The number of hydrogen-bond donors (Lipinski definition) is 0. The van der Waals surface area contributed by atoms with Gasteiger partial charge in [-0.3, -0.25) is 9.59 Å². The van der Waals surface area contributed by atoms with Crippen molar-refractivity contribution < 1.29 is 14.3 Å². The molecule has 0 N–H and O–H groups in total. The second kappa shape index (κ2) is 3.57. The topological polar surface area (TPSA) is 43.4 Å². The summed E-state index contributed by atoms with van der Waals surface area (Å²) in [6, 6.07) is 0. The van der Waals surface area contributed by atoms with Gasteiger partial charge in [0, 0.05) is 12.8 Å². The number of esters is 1. The Hall–Kier alpha value is -0.860. The van der Waals surface area contributed by atoms with E-state index in [2.05, 4.69) is 13.8 Å². The minimum Gasteiger partial charge on any atom is -0.462 e. The normalized spacial score (nSPS) is 40.9. The molecule has 0 aromatic rings. The Morgan fingerprint density at radius 2 is 2.06 bits per heavy atom. The van der Waals surface area contributed by atoms with Gasteiger partial charge in [0.25, 0.3) is 0 Å². The largest absolute Gasteiger partial charge is 0.462 e. The maximum Gasteiger partial charge on any atom is 0.302 e. The van der Waals surface area contributed by atoms with Crippen LogP contribution in [0.5, 0.6) is 0 Å². The fraction of sp³-hybridized carbons (Fsp3) is 0.846. The van der Waals surface area contributed by atoms with Gasteiger partial charge in [-0.2, -0.15) is 0 Å². The van der Waals surface area contributed by atoms with Crippen LogP contribution in [0.1, 0.15) is 40.5 Å². The Labute approximate surface area is 96.5 Å². The maximum absolute atomic E-state index is 12.1. The van der Waals surface area contributed by atoms with Crippen molar-refractivity contribution in [2.75, 3.05) is 0 Å². The molecule has 3 nitrogen and oxygen atoms in total. The molecule has 4 atom stereocenters. The van der Waals surface area contributed by atoms with Crippen LogP contribution in [-0.2, 0) is 14.3 Å². The molecule has 3 aliphatic carbocycles. The number of rotatable bonds is 1. The highest BCUT2D eigenvalue weighted by Crippen LogP contribution is 2.53. The minimum absolute atomic E-state index is 0.0705. The van der Waals surface area contributed by atoms with E-state index in [1.54, 1.807) is 0 Å². The third kappa shape index (κ3) is 1.66. The monoisotopic (exact) mass is 224 g/mol. The van der Waals surface area contributed by atoms with Crippen molar-refractivity contribution in [3.63, 3.8) is 0 Å². The van der Waals surface area contributed by atoms with Crippen LogP contribution in [0.3, 0.4) is 0 Å². The maximum atomic E-state index is 12.1. The molecule has 3 heteroatoms. The van der Waals surface area contributed by atoms with E-state index in [4.69, 9.17) is 4.74 Å². The van der Waals surface area contributed by atoms with E-state index in [9.17, 15) is 9.59 Å². The third-order valence-corrected chi connectivity index (χ3v) is 4.42. The zero-order chi connectivity index (χ0) is 12.1. The Balaban J connectivity index is 2.22. The van der Waals surface area contributed by atoms with Gasteiger partial charge in [-0.15, -0.1) is 0 Å². The summed E-state index contributed by atoms with van der Waals surface area (Å²) in [4.78, 5) is 23.1. The molecule has 0 saturated heterocycles. The molecule has 3 saturated carbocycles. The number of hydrogen-bond acceptors (Lipinski definition) is 3. The summed E-state index contributed by atoms with van der Waals surface area (Å²) in [7, 11) is 0. The second-order valence-electron chi connectivity index (χ2n) is 5.98. The molecule has 16 heavy (non-hydrogen) atoms. The molecule has 0 radical (unpaired) electrons. The molecule has 0 aliphatic heterocycles. The van der Waals surface area contributed by atoms with Crippen LogP contribution < -0.4 is 0 Å². The summed E-state index contributed by atoms with van der Waals surface area (Å²) in [5.41, 5.74) is 0.203. The molecule has 0 spiro atoms. The van der Waals surface area contributed by atoms with Crippen molar-refractivity contribution in [1.82, 2.24) is 0 Å². The second-order valence-corrected chi connectivity index (χ2v) is 5.98. The zero-order valence-corrected chi connectivity index (χ0v) is 10.4. The average Bonchev–Trinajstić information content (AvgIpc) is 2.14. The van der Waals surface area contributed by atoms with Gasteiger partial charge >= 0.3 is 5.97 Å². The zero-order valence-electron chi connectivity index (χ0n) is 10.4. The first-order valence-corrected chi connectivity index (χ1v) is 6.04. The van der Waals surface area contributed by atoms with Crippen molar-refractivity contribution >= 4 is 11.8 Å². The lowest BCUT2D eigenvalue weighted by Crippen LogP contribution is -2.55. The van der Waals surface area contributed by atoms with Crippen molar-refractivity contribution in [2.24, 2.45) is 23.2 Å². The van der Waals surface area contributed by atoms with Gasteiger partial charge in [0.15, 0.2) is 0 Å². The summed E-state index contributed by atoms with van der Waals surface area (Å²) >= 11 is 0. The quantitative estimate of drug-likeness (QED) is 0.641. The number of ketones is 1. The first kappa shape index (κ1) is 11.6. The van der Waals surface area contributed by atoms with E-state index < -0.39 is 0 Å². The van der Waals surface area contributed by atoms with E-state index in [0.29, 0.717) is 11.7 Å². The smallest absolute Gasteiger partial charge is 0.302 e. The fourth-order valence-corrected chi connectivity index (χ4v) is 3.63. The number of Topliss-reactive ketones (excluding diaryl/α,β-unsaturated/α-hetero) is 1. The minimum atomic E-state index is -0.268. The molecule has 0 unspecified atom stereocenters. The van der Waals surface area contributed by atoms with Crippen LogP contribution in [-0.4, -0.2) is 17.9 Å². The lowest BCUT2D eigenvalue weighted by atomic mass is 9.52. The molecule has 90 valence electrons. The summed E-state index contributed by atoms with van der Waals surface area (Å²) < 4.78 is 5.28. The van der Waals surface area contributed by atoms with Gasteiger partial charge in [-0.25, -0.2) is 0 Å². The SMILES string of the molecule is CC(=O)O[C@H]1C[C@H]2[C@H](C)C(=O)[C@H]1CC2(C)C. The Morgan fingerprint density at radius 1 is 1.44 bits per heavy atom. The van der Waals surface area contributed by atoms with E-state index in [1.807, 2.05) is 6.92 Å². The van der Waals surface area contributed by atoms with Gasteiger partial charge < -0.3 is 4.74 Å². The molecule has 2 bridgehead atoms. The molecule has 0 aromatic heterocycles. The Kier molecular flexibility index (Phi) is 2.59. The first-order chi connectivity index (χ1) is 7.33. The fourth-order valence-electron chi connectivity index (χ4n) is 3.63. The van der Waals surface area contributed by atoms with Crippen molar-refractivity contribution in [3.8, 4) is 0 Å². The molecule has 0 heterocycles. The van der Waals surface area contributed by atoms with Crippen molar-refractivity contribution in [1.29, 1.82) is 0 Å². The number of ether oxygens (including phenoxy) is 1. The van der Waals surface area contributed by atoms with Crippen LogP contribution in [0.4, 0.5) is 0 Å². The number of carbonyl (C=O) groups excluding carboxylic acids is 2. The lowest BCUT2D eigenvalue weighted by Gasteiger charge is -2.53. The molecular formula is C13H20O3. The highest BCUT2D eigenvalue weighted by molar-refractivity contribution is 5.86. The molecule has 3 rings (SSSR count). The predicted molar refractivity (Wildman–Crippen MR) is 59.7 cm³/mol. The molecular weight excluding hydrogens is 204 g/mol. The lowest BCUT2D eigenvalue weighted by molar-refractivity contribution is -0.172. The third-order valence-electron chi connectivity index (χ3n) is 4.42. The highest BCUT2D eigenvalue weighted by atomic mass is 16.5. The van der Waals surface area contributed by atoms with Crippen LogP contribution in [0.25, 0.3) is 0 Å². The van der Waals surface area contributed by atoms with Gasteiger partial charge in [-0.1, -0.05) is 20.8 Å². The predicted octanol–water partition coefficient (Wildman–Crippen LogP) is 2.19. The standard InChI is InChI=1S/C13H20O3/c1-7-10-5-11(16-8(2)14)9(12(7)15)6-13(10,3)4/h7,9-11H,5-6H2,1-4H3/t7-,9-,10-,11-/m0/s1. The van der Waals surface area contributed by atoms with Gasteiger partial charge in [0.2, 0.25) is 0 Å². The van der Waals surface area contributed by atoms with Gasteiger partial charge in [-0.05, 0) is 24.2 Å².